The predicted molar refractivity (Wildman–Crippen MR) is 75.3 cm³/mol. The molecule has 0 saturated carbocycles. The van der Waals surface area contributed by atoms with E-state index in [1.165, 1.54) is 12.1 Å². The van der Waals surface area contributed by atoms with Crippen LogP contribution in [0.1, 0.15) is 18.4 Å². The number of amides is 1. The van der Waals surface area contributed by atoms with E-state index in [0.29, 0.717) is 6.54 Å². The molecule has 1 saturated heterocycles. The summed E-state index contributed by atoms with van der Waals surface area (Å²) in [6.07, 6.45) is 2.81. The molecule has 1 amide bonds. The largest absolute Gasteiger partial charge is 0.316 e. The number of hydrogen-bond acceptors (Lipinski definition) is 2. The van der Waals surface area contributed by atoms with Gasteiger partial charge in [-0.15, -0.1) is 12.4 Å². The van der Waals surface area contributed by atoms with E-state index in [-0.39, 0.29) is 30.0 Å². The zero-order chi connectivity index (χ0) is 12.5. The van der Waals surface area contributed by atoms with Gasteiger partial charge in [0, 0.05) is 18.8 Å². The van der Waals surface area contributed by atoms with Crippen LogP contribution in [-0.2, 0) is 11.2 Å². The Morgan fingerprint density at radius 1 is 1.42 bits per heavy atom. The van der Waals surface area contributed by atoms with Crippen LogP contribution in [0.2, 0.25) is 0 Å². The number of carbonyl (C=O) groups excluding carboxylic acids is 1. The molecule has 2 aliphatic rings. The smallest absolute Gasteiger partial charge is 0.231 e. The molecule has 0 spiro atoms. The molecule has 19 heavy (non-hydrogen) atoms. The minimum Gasteiger partial charge on any atom is -0.316 e. The summed E-state index contributed by atoms with van der Waals surface area (Å²) in [5.74, 6) is -0.0743. The Morgan fingerprint density at radius 2 is 2.26 bits per heavy atom. The Hall–Kier alpha value is -1.13. The van der Waals surface area contributed by atoms with Crippen molar-refractivity contribution < 1.29 is 9.18 Å². The lowest BCUT2D eigenvalue weighted by Crippen LogP contribution is -2.42. The molecule has 3 nitrogen and oxygen atoms in total. The van der Waals surface area contributed by atoms with E-state index >= 15 is 0 Å². The van der Waals surface area contributed by atoms with Crippen LogP contribution in [0.25, 0.3) is 0 Å². The van der Waals surface area contributed by atoms with Gasteiger partial charge < -0.3 is 10.2 Å². The van der Waals surface area contributed by atoms with Crippen LogP contribution in [0, 0.1) is 11.7 Å². The van der Waals surface area contributed by atoms with Gasteiger partial charge >= 0.3 is 0 Å². The molecule has 1 N–H and O–H groups in total. The van der Waals surface area contributed by atoms with Crippen molar-refractivity contribution in [2.75, 3.05) is 24.5 Å². The minimum atomic E-state index is -0.268. The molecule has 2 aliphatic heterocycles. The third-order valence-electron chi connectivity index (χ3n) is 3.86. The minimum absolute atomic E-state index is 0. The average molecular weight is 285 g/mol. The lowest BCUT2D eigenvalue weighted by atomic mass is 9.98. The van der Waals surface area contributed by atoms with Gasteiger partial charge in [-0.1, -0.05) is 6.07 Å². The number of carbonyl (C=O) groups is 1. The zero-order valence-corrected chi connectivity index (χ0v) is 11.5. The van der Waals surface area contributed by atoms with E-state index in [4.69, 9.17) is 0 Å². The third kappa shape index (κ3) is 2.74. The molecule has 0 aliphatic carbocycles. The second-order valence-corrected chi connectivity index (χ2v) is 5.06. The first-order chi connectivity index (χ1) is 8.75. The Labute approximate surface area is 118 Å². The SMILES string of the molecule is Cl.O=C([C@@H]1CCCNC1)N1CCc2ccc(F)cc21. The molecule has 1 aromatic carbocycles. The van der Waals surface area contributed by atoms with Crippen LogP contribution in [-0.4, -0.2) is 25.5 Å². The van der Waals surface area contributed by atoms with Gasteiger partial charge in [0.05, 0.1) is 5.92 Å². The highest BCUT2D eigenvalue weighted by molar-refractivity contribution is 5.97. The summed E-state index contributed by atoms with van der Waals surface area (Å²) >= 11 is 0. The third-order valence-corrected chi connectivity index (χ3v) is 3.86. The number of piperidine rings is 1. The van der Waals surface area contributed by atoms with Gasteiger partial charge in [0.2, 0.25) is 5.91 Å². The van der Waals surface area contributed by atoms with Crippen molar-refractivity contribution in [2.45, 2.75) is 19.3 Å². The first-order valence-electron chi connectivity index (χ1n) is 6.56. The maximum atomic E-state index is 13.3. The molecule has 1 aromatic rings. The fraction of sp³-hybridized carbons (Fsp3) is 0.500. The van der Waals surface area contributed by atoms with Gasteiger partial charge in [-0.2, -0.15) is 0 Å². The van der Waals surface area contributed by atoms with Crippen LogP contribution in [0.4, 0.5) is 10.1 Å². The summed E-state index contributed by atoms with van der Waals surface area (Å²) in [5, 5.41) is 3.25. The first kappa shape index (κ1) is 14.3. The number of rotatable bonds is 1. The number of nitrogens with zero attached hydrogens (tertiary/aromatic N) is 1. The number of hydrogen-bond donors (Lipinski definition) is 1. The van der Waals surface area contributed by atoms with E-state index in [2.05, 4.69) is 5.32 Å². The van der Waals surface area contributed by atoms with E-state index < -0.39 is 0 Å². The normalized spacial score (nSPS) is 21.7. The van der Waals surface area contributed by atoms with Gasteiger partial charge in [0.15, 0.2) is 0 Å². The number of benzene rings is 1. The van der Waals surface area contributed by atoms with E-state index in [1.54, 1.807) is 11.0 Å². The summed E-state index contributed by atoms with van der Waals surface area (Å²) in [5.41, 5.74) is 1.85. The average Bonchev–Trinajstić information content (AvgIpc) is 2.82. The standard InChI is InChI=1S/C14H17FN2O.ClH/c15-12-4-3-10-5-7-17(13(10)8-12)14(18)11-2-1-6-16-9-11;/h3-4,8,11,16H,1-2,5-7,9H2;1H/t11-;/m1./s1. The van der Waals surface area contributed by atoms with Crippen molar-refractivity contribution in [1.82, 2.24) is 5.32 Å². The summed E-state index contributed by atoms with van der Waals surface area (Å²) in [4.78, 5) is 14.2. The number of nitrogens with one attached hydrogen (secondary N) is 1. The second kappa shape index (κ2) is 5.88. The second-order valence-electron chi connectivity index (χ2n) is 5.06. The molecule has 5 heteroatoms. The summed E-state index contributed by atoms with van der Waals surface area (Å²) in [6.45, 7) is 2.43. The Morgan fingerprint density at radius 3 is 3.00 bits per heavy atom. The summed E-state index contributed by atoms with van der Waals surface area (Å²) in [6, 6.07) is 4.74. The van der Waals surface area contributed by atoms with Crippen molar-refractivity contribution in [3.63, 3.8) is 0 Å². The van der Waals surface area contributed by atoms with Crippen LogP contribution in [0.3, 0.4) is 0 Å². The highest BCUT2D eigenvalue weighted by Gasteiger charge is 2.31. The summed E-state index contributed by atoms with van der Waals surface area (Å²) in [7, 11) is 0. The highest BCUT2D eigenvalue weighted by atomic mass is 35.5. The fourth-order valence-corrected chi connectivity index (χ4v) is 2.86. The Bertz CT molecular complexity index is 475. The van der Waals surface area contributed by atoms with Crippen LogP contribution < -0.4 is 10.2 Å². The highest BCUT2D eigenvalue weighted by Crippen LogP contribution is 2.30. The lowest BCUT2D eigenvalue weighted by molar-refractivity contribution is -0.122. The molecule has 104 valence electrons. The topological polar surface area (TPSA) is 32.3 Å². The van der Waals surface area contributed by atoms with Crippen molar-refractivity contribution >= 4 is 24.0 Å². The maximum absolute atomic E-state index is 13.3. The number of halogens is 2. The molecule has 0 unspecified atom stereocenters. The van der Waals surface area contributed by atoms with Crippen LogP contribution in [0.15, 0.2) is 18.2 Å². The van der Waals surface area contributed by atoms with E-state index in [9.17, 15) is 9.18 Å². The van der Waals surface area contributed by atoms with Gasteiger partial charge in [0.25, 0.3) is 0 Å². The maximum Gasteiger partial charge on any atom is 0.231 e. The molecular formula is C14H18ClFN2O. The van der Waals surface area contributed by atoms with Gasteiger partial charge in [-0.3, -0.25) is 4.79 Å². The van der Waals surface area contributed by atoms with Crippen molar-refractivity contribution in [3.8, 4) is 0 Å². The molecular weight excluding hydrogens is 267 g/mol. The molecule has 0 aromatic heterocycles. The quantitative estimate of drug-likeness (QED) is 0.857. The molecule has 3 rings (SSSR count). The lowest BCUT2D eigenvalue weighted by Gasteiger charge is -2.27. The Balaban J connectivity index is 0.00000133. The molecule has 2 heterocycles. The zero-order valence-electron chi connectivity index (χ0n) is 10.7. The molecule has 1 fully saturated rings. The molecule has 0 radical (unpaired) electrons. The van der Waals surface area contributed by atoms with Crippen LogP contribution >= 0.6 is 12.4 Å². The molecule has 0 bridgehead atoms. The van der Waals surface area contributed by atoms with Crippen molar-refractivity contribution in [3.05, 3.63) is 29.6 Å². The van der Waals surface area contributed by atoms with E-state index in [0.717, 1.165) is 43.6 Å². The van der Waals surface area contributed by atoms with Gasteiger partial charge in [0.1, 0.15) is 5.82 Å². The molecule has 1 atom stereocenters. The fourth-order valence-electron chi connectivity index (χ4n) is 2.86. The van der Waals surface area contributed by atoms with Gasteiger partial charge in [-0.05, 0) is 43.5 Å². The van der Waals surface area contributed by atoms with Gasteiger partial charge in [-0.25, -0.2) is 4.39 Å². The first-order valence-corrected chi connectivity index (χ1v) is 6.56. The number of anilines is 1. The van der Waals surface area contributed by atoms with Crippen molar-refractivity contribution in [1.29, 1.82) is 0 Å². The van der Waals surface area contributed by atoms with E-state index in [1.807, 2.05) is 0 Å². The van der Waals surface area contributed by atoms with Crippen molar-refractivity contribution in [2.24, 2.45) is 5.92 Å². The Kier molecular flexibility index (Phi) is 4.42. The predicted octanol–water partition coefficient (Wildman–Crippen LogP) is 2.14. The summed E-state index contributed by atoms with van der Waals surface area (Å²) < 4.78 is 13.3. The number of fused-ring (bicyclic) bond motifs is 1. The van der Waals surface area contributed by atoms with Crippen LogP contribution in [0.5, 0.6) is 0 Å². The monoisotopic (exact) mass is 284 g/mol.